The topological polar surface area (TPSA) is 55.8 Å². The smallest absolute Gasteiger partial charge is 0.410 e. The Hall–Kier alpha value is -1.72. The minimum atomic E-state index is -0.575. The number of ketones is 1. The third kappa shape index (κ3) is 5.15. The van der Waals surface area contributed by atoms with Gasteiger partial charge in [0.15, 0.2) is 5.78 Å². The van der Waals surface area contributed by atoms with Crippen LogP contribution in [0.4, 0.5) is 4.79 Å². The Labute approximate surface area is 163 Å². The van der Waals surface area contributed by atoms with E-state index in [4.69, 9.17) is 32.7 Å². The molecule has 0 unspecified atom stereocenters. The summed E-state index contributed by atoms with van der Waals surface area (Å²) in [4.78, 5) is 26.7. The van der Waals surface area contributed by atoms with Gasteiger partial charge in [0.1, 0.15) is 18.0 Å². The summed E-state index contributed by atoms with van der Waals surface area (Å²) in [6.07, 6.45) is 1.72. The van der Waals surface area contributed by atoms with Crippen LogP contribution in [0, 0.1) is 5.92 Å². The number of ether oxygens (including phenoxy) is 2. The average molecular weight is 400 g/mol. The lowest BCUT2D eigenvalue weighted by molar-refractivity contribution is 0.0289. The number of amides is 1. The standard InChI is InChI=1S/C19H23Cl2NO4/c1-5-8-25-16-10-15(21)14(20)9-13(16)17(23)12-6-7-22(11-12)18(24)26-19(2,3)4/h5,9-10,12H,1,6-8,11H2,2-4H3/t12-/m1/s1. The molecule has 7 heteroatoms. The minimum Gasteiger partial charge on any atom is -0.489 e. The zero-order chi connectivity index (χ0) is 19.5. The van der Waals surface area contributed by atoms with Crippen LogP contribution in [0.25, 0.3) is 0 Å². The van der Waals surface area contributed by atoms with Gasteiger partial charge in [-0.2, -0.15) is 0 Å². The van der Waals surface area contributed by atoms with Crippen LogP contribution >= 0.6 is 23.2 Å². The van der Waals surface area contributed by atoms with E-state index in [2.05, 4.69) is 6.58 Å². The van der Waals surface area contributed by atoms with Crippen LogP contribution < -0.4 is 4.74 Å². The van der Waals surface area contributed by atoms with Crippen LogP contribution in [0.15, 0.2) is 24.8 Å². The Morgan fingerprint density at radius 1 is 1.31 bits per heavy atom. The van der Waals surface area contributed by atoms with Gasteiger partial charge in [-0.15, -0.1) is 0 Å². The van der Waals surface area contributed by atoms with Crippen LogP contribution in [0.1, 0.15) is 37.6 Å². The molecule has 1 amide bonds. The summed E-state index contributed by atoms with van der Waals surface area (Å²) in [7, 11) is 0. The molecule has 1 aliphatic heterocycles. The summed E-state index contributed by atoms with van der Waals surface area (Å²) < 4.78 is 10.9. The van der Waals surface area contributed by atoms with Gasteiger partial charge in [0, 0.05) is 25.1 Å². The molecule has 1 aromatic carbocycles. The number of halogens is 2. The first kappa shape index (κ1) is 20.6. The van der Waals surface area contributed by atoms with Crippen molar-refractivity contribution in [1.29, 1.82) is 0 Å². The van der Waals surface area contributed by atoms with Crippen molar-refractivity contribution in [3.8, 4) is 5.75 Å². The fourth-order valence-electron chi connectivity index (χ4n) is 2.68. The molecule has 1 fully saturated rings. The number of hydrogen-bond acceptors (Lipinski definition) is 4. The molecule has 0 bridgehead atoms. The molecule has 2 rings (SSSR count). The first-order valence-electron chi connectivity index (χ1n) is 8.37. The number of Topliss-reactive ketones (excluding diaryl/α,β-unsaturated/α-hetero) is 1. The molecule has 1 heterocycles. The van der Waals surface area contributed by atoms with Crippen molar-refractivity contribution in [2.24, 2.45) is 5.92 Å². The van der Waals surface area contributed by atoms with Crippen LogP contribution in [0.2, 0.25) is 10.0 Å². The van der Waals surface area contributed by atoms with Crippen molar-refractivity contribution in [3.63, 3.8) is 0 Å². The summed E-state index contributed by atoms with van der Waals surface area (Å²) in [6.45, 7) is 10.0. The molecular formula is C19H23Cl2NO4. The van der Waals surface area contributed by atoms with E-state index < -0.39 is 11.7 Å². The second kappa shape index (κ2) is 8.31. The van der Waals surface area contributed by atoms with Crippen molar-refractivity contribution >= 4 is 35.1 Å². The monoisotopic (exact) mass is 399 g/mol. The van der Waals surface area contributed by atoms with E-state index >= 15 is 0 Å². The summed E-state index contributed by atoms with van der Waals surface area (Å²) in [5, 5.41) is 0.590. The third-order valence-corrected chi connectivity index (χ3v) is 4.58. The molecule has 0 aliphatic carbocycles. The van der Waals surface area contributed by atoms with Crippen LogP contribution in [-0.2, 0) is 4.74 Å². The highest BCUT2D eigenvalue weighted by Gasteiger charge is 2.35. The predicted octanol–water partition coefficient (Wildman–Crippen LogP) is 5.00. The molecule has 1 aliphatic rings. The summed E-state index contributed by atoms with van der Waals surface area (Å²) >= 11 is 12.1. The second-order valence-corrected chi connectivity index (χ2v) is 7.95. The Bertz CT molecular complexity index is 712. The maximum atomic E-state index is 13.0. The minimum absolute atomic E-state index is 0.131. The summed E-state index contributed by atoms with van der Waals surface area (Å²) in [5.41, 5.74) is -0.216. The highest BCUT2D eigenvalue weighted by atomic mass is 35.5. The number of nitrogens with zero attached hydrogens (tertiary/aromatic N) is 1. The Morgan fingerprint density at radius 2 is 1.96 bits per heavy atom. The Balaban J connectivity index is 2.16. The molecule has 142 valence electrons. The Morgan fingerprint density at radius 3 is 2.58 bits per heavy atom. The lowest BCUT2D eigenvalue weighted by atomic mass is 9.96. The molecule has 0 saturated carbocycles. The fourth-order valence-corrected chi connectivity index (χ4v) is 2.99. The number of benzene rings is 1. The van der Waals surface area contributed by atoms with Gasteiger partial charge in [-0.05, 0) is 33.3 Å². The van der Waals surface area contributed by atoms with Crippen LogP contribution in [0.5, 0.6) is 5.75 Å². The lowest BCUT2D eigenvalue weighted by Crippen LogP contribution is -2.35. The number of carbonyl (C=O) groups is 2. The highest BCUT2D eigenvalue weighted by Crippen LogP contribution is 2.34. The quantitative estimate of drug-likeness (QED) is 0.516. The summed E-state index contributed by atoms with van der Waals surface area (Å²) in [6, 6.07) is 3.04. The molecule has 0 spiro atoms. The van der Waals surface area contributed by atoms with Gasteiger partial charge in [0.2, 0.25) is 0 Å². The van der Waals surface area contributed by atoms with E-state index in [1.165, 1.54) is 12.1 Å². The van der Waals surface area contributed by atoms with E-state index in [9.17, 15) is 9.59 Å². The molecule has 0 radical (unpaired) electrons. The van der Waals surface area contributed by atoms with E-state index in [0.717, 1.165) is 0 Å². The van der Waals surface area contributed by atoms with E-state index in [1.54, 1.807) is 11.0 Å². The maximum Gasteiger partial charge on any atom is 0.410 e. The van der Waals surface area contributed by atoms with Crippen LogP contribution in [-0.4, -0.2) is 42.1 Å². The molecular weight excluding hydrogens is 377 g/mol. The highest BCUT2D eigenvalue weighted by molar-refractivity contribution is 6.42. The molecule has 5 nitrogen and oxygen atoms in total. The summed E-state index contributed by atoms with van der Waals surface area (Å²) in [5.74, 6) is -0.112. The Kier molecular flexibility index (Phi) is 6.58. The lowest BCUT2D eigenvalue weighted by Gasteiger charge is -2.24. The third-order valence-electron chi connectivity index (χ3n) is 3.86. The van der Waals surface area contributed by atoms with Gasteiger partial charge < -0.3 is 14.4 Å². The van der Waals surface area contributed by atoms with E-state index in [0.29, 0.717) is 35.8 Å². The van der Waals surface area contributed by atoms with Crippen molar-refractivity contribution in [1.82, 2.24) is 4.90 Å². The fraction of sp³-hybridized carbons (Fsp3) is 0.474. The van der Waals surface area contributed by atoms with Gasteiger partial charge in [-0.3, -0.25) is 4.79 Å². The normalized spacial score (nSPS) is 17.1. The van der Waals surface area contributed by atoms with Gasteiger partial charge in [0.25, 0.3) is 0 Å². The van der Waals surface area contributed by atoms with E-state index in [1.807, 2.05) is 20.8 Å². The van der Waals surface area contributed by atoms with E-state index in [-0.39, 0.29) is 23.3 Å². The molecule has 26 heavy (non-hydrogen) atoms. The average Bonchev–Trinajstić information content (AvgIpc) is 3.03. The van der Waals surface area contributed by atoms with Crippen molar-refractivity contribution in [2.75, 3.05) is 19.7 Å². The maximum absolute atomic E-state index is 13.0. The number of rotatable bonds is 5. The molecule has 1 saturated heterocycles. The molecule has 1 atom stereocenters. The first-order valence-corrected chi connectivity index (χ1v) is 9.13. The SMILES string of the molecule is C=CCOc1cc(Cl)c(Cl)cc1C(=O)[C@@H]1CCN(C(=O)OC(C)(C)C)C1. The molecule has 0 N–H and O–H groups in total. The van der Waals surface area contributed by atoms with Gasteiger partial charge >= 0.3 is 6.09 Å². The largest absolute Gasteiger partial charge is 0.489 e. The van der Waals surface area contributed by atoms with Crippen molar-refractivity contribution < 1.29 is 19.1 Å². The zero-order valence-electron chi connectivity index (χ0n) is 15.2. The first-order chi connectivity index (χ1) is 12.1. The van der Waals surface area contributed by atoms with Gasteiger partial charge in [0.05, 0.1) is 15.6 Å². The second-order valence-electron chi connectivity index (χ2n) is 7.14. The zero-order valence-corrected chi connectivity index (χ0v) is 16.7. The molecule has 1 aromatic rings. The van der Waals surface area contributed by atoms with Gasteiger partial charge in [-0.1, -0.05) is 35.9 Å². The van der Waals surface area contributed by atoms with Gasteiger partial charge in [-0.25, -0.2) is 4.79 Å². The molecule has 0 aromatic heterocycles. The van der Waals surface area contributed by atoms with Crippen LogP contribution in [0.3, 0.4) is 0 Å². The van der Waals surface area contributed by atoms with Crippen molar-refractivity contribution in [2.45, 2.75) is 32.8 Å². The predicted molar refractivity (Wildman–Crippen MR) is 102 cm³/mol. The number of hydrogen-bond donors (Lipinski definition) is 0. The number of carbonyl (C=O) groups excluding carboxylic acids is 2. The number of likely N-dealkylation sites (tertiary alicyclic amines) is 1. The van der Waals surface area contributed by atoms with Crippen molar-refractivity contribution in [3.05, 3.63) is 40.4 Å².